The number of imidazole rings is 1. The second-order valence-corrected chi connectivity index (χ2v) is 4.87. The molecule has 3 N–H and O–H groups in total. The molecule has 6 heteroatoms. The van der Waals surface area contributed by atoms with Gasteiger partial charge in [-0.1, -0.05) is 18.2 Å². The highest BCUT2D eigenvalue weighted by molar-refractivity contribution is 5.95. The Bertz CT molecular complexity index is 972. The van der Waals surface area contributed by atoms with Gasteiger partial charge in [-0.15, -0.1) is 0 Å². The fraction of sp³-hybridized carbons (Fsp3) is 0.0667. The molecule has 0 aliphatic heterocycles. The number of anilines is 1. The molecule has 102 valence electrons. The summed E-state index contributed by atoms with van der Waals surface area (Å²) in [5.74, 6) is 1.12. The van der Waals surface area contributed by atoms with Crippen molar-refractivity contribution in [3.63, 3.8) is 0 Å². The summed E-state index contributed by atoms with van der Waals surface area (Å²) in [4.78, 5) is 20.4. The molecular weight excluding hydrogens is 264 g/mol. The summed E-state index contributed by atoms with van der Waals surface area (Å²) < 4.78 is 0. The number of aryl methyl sites for hydroxylation is 1. The minimum absolute atomic E-state index is 0.397. The van der Waals surface area contributed by atoms with Crippen LogP contribution in [0, 0.1) is 6.92 Å². The molecule has 0 fully saturated rings. The molecule has 0 radical (unpaired) electrons. The van der Waals surface area contributed by atoms with Crippen LogP contribution in [0.5, 0.6) is 0 Å². The molecule has 3 heterocycles. The lowest BCUT2D eigenvalue weighted by molar-refractivity contribution is 1.21. The van der Waals surface area contributed by atoms with Crippen LogP contribution in [0.2, 0.25) is 0 Å². The normalized spacial score (nSPS) is 11.3. The Morgan fingerprint density at radius 1 is 1.10 bits per heavy atom. The highest BCUT2D eigenvalue weighted by Gasteiger charge is 2.12. The number of para-hydroxylation sites is 1. The van der Waals surface area contributed by atoms with E-state index in [0.29, 0.717) is 17.0 Å². The molecule has 0 saturated carbocycles. The number of hydrogen-bond acceptors (Lipinski definition) is 5. The van der Waals surface area contributed by atoms with Gasteiger partial charge in [0.05, 0.1) is 5.52 Å². The molecule has 1 aromatic carbocycles. The largest absolute Gasteiger partial charge is 0.382 e. The number of rotatable bonds is 1. The van der Waals surface area contributed by atoms with E-state index in [1.807, 2.05) is 37.3 Å². The average molecular weight is 276 g/mol. The second kappa shape index (κ2) is 4.24. The predicted molar refractivity (Wildman–Crippen MR) is 81.6 cm³/mol. The van der Waals surface area contributed by atoms with E-state index in [9.17, 15) is 0 Å². The lowest BCUT2D eigenvalue weighted by Crippen LogP contribution is -1.92. The summed E-state index contributed by atoms with van der Waals surface area (Å²) in [5.41, 5.74) is 9.93. The van der Waals surface area contributed by atoms with Gasteiger partial charge < -0.3 is 10.7 Å². The number of nitrogens with one attached hydrogen (secondary N) is 1. The van der Waals surface area contributed by atoms with Crippen LogP contribution in [-0.4, -0.2) is 24.9 Å². The number of aromatic nitrogens is 5. The molecule has 0 unspecified atom stereocenters. The number of fused-ring (bicyclic) bond motifs is 2. The fourth-order valence-corrected chi connectivity index (χ4v) is 2.48. The van der Waals surface area contributed by atoms with E-state index in [4.69, 9.17) is 5.73 Å². The number of pyridine rings is 1. The van der Waals surface area contributed by atoms with Gasteiger partial charge >= 0.3 is 0 Å². The number of nitrogens with two attached hydrogens (primary N) is 1. The van der Waals surface area contributed by atoms with Crippen LogP contribution in [0.15, 0.2) is 36.7 Å². The Morgan fingerprint density at radius 3 is 2.81 bits per heavy atom. The van der Waals surface area contributed by atoms with Crippen LogP contribution in [0.25, 0.3) is 33.5 Å². The van der Waals surface area contributed by atoms with E-state index in [1.54, 1.807) is 0 Å². The molecule has 0 atom stereocenters. The molecule has 6 nitrogen and oxygen atoms in total. The maximum absolute atomic E-state index is 5.86. The molecule has 0 bridgehead atoms. The molecule has 0 spiro atoms. The Morgan fingerprint density at radius 2 is 1.95 bits per heavy atom. The van der Waals surface area contributed by atoms with Gasteiger partial charge in [-0.3, -0.25) is 4.98 Å². The molecule has 21 heavy (non-hydrogen) atoms. The number of nitrogens with zero attached hydrogens (tertiary/aromatic N) is 4. The zero-order valence-corrected chi connectivity index (χ0v) is 11.3. The van der Waals surface area contributed by atoms with E-state index < -0.39 is 0 Å². The minimum Gasteiger partial charge on any atom is -0.382 e. The zero-order chi connectivity index (χ0) is 14.4. The van der Waals surface area contributed by atoms with Crippen molar-refractivity contribution in [2.45, 2.75) is 6.92 Å². The summed E-state index contributed by atoms with van der Waals surface area (Å²) in [6, 6.07) is 9.98. The van der Waals surface area contributed by atoms with Crippen molar-refractivity contribution >= 4 is 27.9 Å². The van der Waals surface area contributed by atoms with Crippen molar-refractivity contribution in [2.24, 2.45) is 0 Å². The number of benzene rings is 1. The van der Waals surface area contributed by atoms with Crippen LogP contribution >= 0.6 is 0 Å². The highest BCUT2D eigenvalue weighted by Crippen LogP contribution is 2.28. The monoisotopic (exact) mass is 276 g/mol. The molecule has 0 saturated heterocycles. The first-order valence-electron chi connectivity index (χ1n) is 6.55. The van der Waals surface area contributed by atoms with Crippen LogP contribution in [0.1, 0.15) is 5.69 Å². The smallest absolute Gasteiger partial charge is 0.183 e. The van der Waals surface area contributed by atoms with Crippen molar-refractivity contribution in [1.29, 1.82) is 0 Å². The van der Waals surface area contributed by atoms with Crippen LogP contribution in [0.3, 0.4) is 0 Å². The van der Waals surface area contributed by atoms with Crippen LogP contribution < -0.4 is 5.73 Å². The van der Waals surface area contributed by atoms with E-state index in [1.165, 1.54) is 6.33 Å². The Hall–Kier alpha value is -3.02. The summed E-state index contributed by atoms with van der Waals surface area (Å²) in [5, 5.41) is 1.04. The van der Waals surface area contributed by atoms with Gasteiger partial charge in [0.25, 0.3) is 0 Å². The van der Waals surface area contributed by atoms with E-state index in [0.717, 1.165) is 28.0 Å². The van der Waals surface area contributed by atoms with Gasteiger partial charge in [0.1, 0.15) is 17.7 Å². The number of H-pyrrole nitrogens is 1. The van der Waals surface area contributed by atoms with Gasteiger partial charge in [0.2, 0.25) is 0 Å². The van der Waals surface area contributed by atoms with Crippen molar-refractivity contribution in [1.82, 2.24) is 24.9 Å². The van der Waals surface area contributed by atoms with E-state index in [-0.39, 0.29) is 0 Å². The highest BCUT2D eigenvalue weighted by atomic mass is 15.0. The molecule has 4 aromatic rings. The first-order chi connectivity index (χ1) is 10.2. The van der Waals surface area contributed by atoms with Crippen molar-refractivity contribution < 1.29 is 0 Å². The quantitative estimate of drug-likeness (QED) is 0.557. The lowest BCUT2D eigenvalue weighted by atomic mass is 10.1. The van der Waals surface area contributed by atoms with E-state index >= 15 is 0 Å². The van der Waals surface area contributed by atoms with Gasteiger partial charge in [0, 0.05) is 16.6 Å². The molecule has 4 rings (SSSR count). The first kappa shape index (κ1) is 11.8. The molecule has 3 aromatic heterocycles. The maximum Gasteiger partial charge on any atom is 0.183 e. The lowest BCUT2D eigenvalue weighted by Gasteiger charge is -2.05. The van der Waals surface area contributed by atoms with Gasteiger partial charge in [-0.2, -0.15) is 0 Å². The molecule has 0 amide bonds. The summed E-state index contributed by atoms with van der Waals surface area (Å²) in [7, 11) is 0. The molecule has 0 aliphatic rings. The van der Waals surface area contributed by atoms with Crippen molar-refractivity contribution in [3.8, 4) is 11.4 Å². The van der Waals surface area contributed by atoms with Crippen LogP contribution in [-0.2, 0) is 0 Å². The van der Waals surface area contributed by atoms with Crippen molar-refractivity contribution in [3.05, 3.63) is 42.4 Å². The van der Waals surface area contributed by atoms with Crippen molar-refractivity contribution in [2.75, 3.05) is 5.73 Å². The number of aromatic amines is 1. The van der Waals surface area contributed by atoms with E-state index in [2.05, 4.69) is 24.9 Å². The topological polar surface area (TPSA) is 93.4 Å². The Balaban J connectivity index is 2.06. The SMILES string of the molecule is Cc1cc(-c2nc3ncnc(N)c3[nH]2)c2ccccc2n1. The minimum atomic E-state index is 0.397. The standard InChI is InChI=1S/C15H12N6/c1-8-6-10(9-4-2-3-5-11(9)19-8)14-20-12-13(16)17-7-18-15(12)21-14/h2-7H,1H3,(H3,16,17,18,20,21). The van der Waals surface area contributed by atoms with Gasteiger partial charge in [-0.25, -0.2) is 15.0 Å². The average Bonchev–Trinajstić information content (AvgIpc) is 2.92. The third kappa shape index (κ3) is 1.80. The number of nitrogen functional groups attached to an aromatic ring is 1. The van der Waals surface area contributed by atoms with Gasteiger partial charge in [-0.05, 0) is 19.1 Å². The Kier molecular flexibility index (Phi) is 2.38. The van der Waals surface area contributed by atoms with Gasteiger partial charge in [0.15, 0.2) is 11.5 Å². The summed E-state index contributed by atoms with van der Waals surface area (Å²) in [6.45, 7) is 1.97. The van der Waals surface area contributed by atoms with Crippen LogP contribution in [0.4, 0.5) is 5.82 Å². The Labute approximate surface area is 120 Å². The molecular formula is C15H12N6. The molecule has 0 aliphatic carbocycles. The maximum atomic E-state index is 5.86. The fourth-order valence-electron chi connectivity index (χ4n) is 2.48. The third-order valence-electron chi connectivity index (χ3n) is 3.42. The number of hydrogen-bond donors (Lipinski definition) is 2. The second-order valence-electron chi connectivity index (χ2n) is 4.87. The third-order valence-corrected chi connectivity index (χ3v) is 3.42. The zero-order valence-electron chi connectivity index (χ0n) is 11.3. The summed E-state index contributed by atoms with van der Waals surface area (Å²) >= 11 is 0. The first-order valence-corrected chi connectivity index (χ1v) is 6.55. The summed E-state index contributed by atoms with van der Waals surface area (Å²) in [6.07, 6.45) is 1.41. The predicted octanol–water partition coefficient (Wildman–Crippen LogP) is 2.46.